The quantitative estimate of drug-likeness (QED) is 0.727. The highest BCUT2D eigenvalue weighted by Gasteiger charge is 2.17. The maximum absolute atomic E-state index is 4.43. The fraction of sp³-hybridized carbons (Fsp3) is 0.417. The van der Waals surface area contributed by atoms with Gasteiger partial charge in [-0.3, -0.25) is 0 Å². The van der Waals surface area contributed by atoms with Gasteiger partial charge < -0.3 is 4.98 Å². The van der Waals surface area contributed by atoms with E-state index >= 15 is 0 Å². The minimum absolute atomic E-state index is 0.766. The van der Waals surface area contributed by atoms with E-state index in [4.69, 9.17) is 0 Å². The lowest BCUT2D eigenvalue weighted by molar-refractivity contribution is 0.721. The van der Waals surface area contributed by atoms with Crippen molar-refractivity contribution in [1.82, 2.24) is 9.97 Å². The molecule has 1 fully saturated rings. The molecule has 2 aromatic heterocycles. The Labute approximate surface area is 83.4 Å². The van der Waals surface area contributed by atoms with Crippen molar-refractivity contribution in [2.24, 2.45) is 0 Å². The van der Waals surface area contributed by atoms with Crippen molar-refractivity contribution in [2.45, 2.75) is 31.6 Å². The zero-order valence-corrected chi connectivity index (χ0v) is 8.16. The molecule has 0 bridgehead atoms. The minimum Gasteiger partial charge on any atom is -0.346 e. The number of H-pyrrole nitrogens is 1. The molecule has 0 amide bonds. The van der Waals surface area contributed by atoms with Crippen LogP contribution in [-0.4, -0.2) is 9.97 Å². The Morgan fingerprint density at radius 1 is 1.29 bits per heavy atom. The number of fused-ring (bicyclic) bond motifs is 1. The van der Waals surface area contributed by atoms with Crippen molar-refractivity contribution in [3.8, 4) is 0 Å². The highest BCUT2D eigenvalue weighted by Crippen LogP contribution is 2.34. The van der Waals surface area contributed by atoms with Crippen molar-refractivity contribution >= 4 is 11.0 Å². The summed E-state index contributed by atoms with van der Waals surface area (Å²) in [7, 11) is 0. The average molecular weight is 186 g/mol. The Bertz CT molecular complexity index is 438. The van der Waals surface area contributed by atoms with E-state index in [-0.39, 0.29) is 0 Å². The molecule has 0 atom stereocenters. The van der Waals surface area contributed by atoms with Gasteiger partial charge in [0.25, 0.3) is 0 Å². The largest absolute Gasteiger partial charge is 0.346 e. The van der Waals surface area contributed by atoms with Crippen LogP contribution in [0.2, 0.25) is 0 Å². The first-order valence-electron chi connectivity index (χ1n) is 5.36. The van der Waals surface area contributed by atoms with Crippen LogP contribution in [0.25, 0.3) is 11.0 Å². The molecule has 0 spiro atoms. The molecule has 0 aromatic carbocycles. The van der Waals surface area contributed by atoms with Crippen LogP contribution in [0.4, 0.5) is 0 Å². The summed E-state index contributed by atoms with van der Waals surface area (Å²) in [5, 5.41) is 1.24. The third-order valence-corrected chi connectivity index (χ3v) is 3.25. The molecule has 1 aliphatic rings. The van der Waals surface area contributed by atoms with Gasteiger partial charge in [0.1, 0.15) is 5.65 Å². The highest BCUT2D eigenvalue weighted by atomic mass is 14.8. The predicted octanol–water partition coefficient (Wildman–Crippen LogP) is 3.22. The number of aromatic amines is 1. The van der Waals surface area contributed by atoms with Crippen molar-refractivity contribution in [1.29, 1.82) is 0 Å². The maximum Gasteiger partial charge on any atom is 0.137 e. The number of hydrogen-bond donors (Lipinski definition) is 1. The lowest BCUT2D eigenvalue weighted by Gasteiger charge is -2.08. The third-order valence-electron chi connectivity index (χ3n) is 3.25. The summed E-state index contributed by atoms with van der Waals surface area (Å²) in [5.41, 5.74) is 2.43. The number of rotatable bonds is 1. The molecule has 1 N–H and O–H groups in total. The molecule has 2 heterocycles. The Balaban J connectivity index is 2.04. The zero-order valence-electron chi connectivity index (χ0n) is 8.16. The Morgan fingerprint density at radius 2 is 2.14 bits per heavy atom. The summed E-state index contributed by atoms with van der Waals surface area (Å²) in [6.07, 6.45) is 9.45. The van der Waals surface area contributed by atoms with Crippen LogP contribution < -0.4 is 0 Å². The smallest absolute Gasteiger partial charge is 0.137 e. The van der Waals surface area contributed by atoms with Crippen molar-refractivity contribution in [2.75, 3.05) is 0 Å². The Hall–Kier alpha value is -1.31. The summed E-state index contributed by atoms with van der Waals surface area (Å²) in [6.45, 7) is 0. The Morgan fingerprint density at radius 3 is 3.00 bits per heavy atom. The second-order valence-corrected chi connectivity index (χ2v) is 4.17. The fourth-order valence-corrected chi connectivity index (χ4v) is 2.44. The number of nitrogens with one attached hydrogen (secondary N) is 1. The molecule has 0 saturated heterocycles. The molecule has 0 aliphatic heterocycles. The number of aromatic nitrogens is 2. The van der Waals surface area contributed by atoms with E-state index in [2.05, 4.69) is 22.1 Å². The first-order valence-corrected chi connectivity index (χ1v) is 5.36. The van der Waals surface area contributed by atoms with Gasteiger partial charge >= 0.3 is 0 Å². The molecular formula is C12H14N2. The molecule has 2 heteroatoms. The monoisotopic (exact) mass is 186 g/mol. The van der Waals surface area contributed by atoms with Gasteiger partial charge in [-0.05, 0) is 36.5 Å². The van der Waals surface area contributed by atoms with Gasteiger partial charge in [-0.2, -0.15) is 0 Å². The number of hydrogen-bond acceptors (Lipinski definition) is 1. The van der Waals surface area contributed by atoms with E-state index < -0.39 is 0 Å². The van der Waals surface area contributed by atoms with Crippen LogP contribution in [0.5, 0.6) is 0 Å². The first-order chi connectivity index (χ1) is 6.93. The summed E-state index contributed by atoms with van der Waals surface area (Å²) < 4.78 is 0. The first kappa shape index (κ1) is 8.04. The van der Waals surface area contributed by atoms with E-state index in [1.807, 2.05) is 12.4 Å². The molecule has 0 radical (unpaired) electrons. The standard InChI is InChI=1S/C12H14N2/c1-2-4-9(3-1)11-7-10-5-6-13-12(10)14-8-11/h5-9H,1-4H2,(H,13,14). The number of pyridine rings is 1. The van der Waals surface area contributed by atoms with Gasteiger partial charge in [-0.25, -0.2) is 4.98 Å². The van der Waals surface area contributed by atoms with Crippen molar-refractivity contribution < 1.29 is 0 Å². The molecule has 2 nitrogen and oxygen atoms in total. The molecule has 14 heavy (non-hydrogen) atoms. The molecule has 3 rings (SSSR count). The lowest BCUT2D eigenvalue weighted by atomic mass is 9.99. The van der Waals surface area contributed by atoms with Gasteiger partial charge in [-0.15, -0.1) is 0 Å². The topological polar surface area (TPSA) is 28.7 Å². The SMILES string of the molecule is c1cc2cc(C3CCCC3)cnc2[nH]1. The minimum atomic E-state index is 0.766. The van der Waals surface area contributed by atoms with Crippen LogP contribution in [0.3, 0.4) is 0 Å². The highest BCUT2D eigenvalue weighted by molar-refractivity contribution is 5.75. The summed E-state index contributed by atoms with van der Waals surface area (Å²) in [6, 6.07) is 4.38. The van der Waals surface area contributed by atoms with Gasteiger partial charge in [0.05, 0.1) is 0 Å². The van der Waals surface area contributed by atoms with Crippen molar-refractivity contribution in [3.63, 3.8) is 0 Å². The second kappa shape index (κ2) is 3.12. The normalized spacial score (nSPS) is 18.0. The van der Waals surface area contributed by atoms with Crippen LogP contribution in [0.1, 0.15) is 37.2 Å². The molecule has 1 aliphatic carbocycles. The van der Waals surface area contributed by atoms with Gasteiger partial charge in [0.15, 0.2) is 0 Å². The predicted molar refractivity (Wildman–Crippen MR) is 57.3 cm³/mol. The Kier molecular flexibility index (Phi) is 1.79. The van der Waals surface area contributed by atoms with Crippen molar-refractivity contribution in [3.05, 3.63) is 30.1 Å². The molecule has 72 valence electrons. The maximum atomic E-state index is 4.43. The van der Waals surface area contributed by atoms with E-state index in [9.17, 15) is 0 Å². The summed E-state index contributed by atoms with van der Waals surface area (Å²) in [5.74, 6) is 0.766. The van der Waals surface area contributed by atoms with Gasteiger partial charge in [-0.1, -0.05) is 12.8 Å². The van der Waals surface area contributed by atoms with E-state index in [1.54, 1.807) is 0 Å². The van der Waals surface area contributed by atoms with Crippen LogP contribution >= 0.6 is 0 Å². The average Bonchev–Trinajstić information content (AvgIpc) is 2.88. The second-order valence-electron chi connectivity index (χ2n) is 4.17. The van der Waals surface area contributed by atoms with Gasteiger partial charge in [0.2, 0.25) is 0 Å². The van der Waals surface area contributed by atoms with E-state index in [0.29, 0.717) is 0 Å². The fourth-order valence-electron chi connectivity index (χ4n) is 2.44. The van der Waals surface area contributed by atoms with E-state index in [1.165, 1.54) is 36.6 Å². The molecule has 1 saturated carbocycles. The zero-order chi connectivity index (χ0) is 9.38. The summed E-state index contributed by atoms with van der Waals surface area (Å²) in [4.78, 5) is 7.56. The summed E-state index contributed by atoms with van der Waals surface area (Å²) >= 11 is 0. The molecular weight excluding hydrogens is 172 g/mol. The molecule has 2 aromatic rings. The number of nitrogens with zero attached hydrogens (tertiary/aromatic N) is 1. The molecule has 0 unspecified atom stereocenters. The van der Waals surface area contributed by atoms with Crippen LogP contribution in [0, 0.1) is 0 Å². The van der Waals surface area contributed by atoms with Crippen LogP contribution in [-0.2, 0) is 0 Å². The van der Waals surface area contributed by atoms with Crippen LogP contribution in [0.15, 0.2) is 24.5 Å². The third kappa shape index (κ3) is 1.22. The van der Waals surface area contributed by atoms with E-state index in [0.717, 1.165) is 11.6 Å². The van der Waals surface area contributed by atoms with Gasteiger partial charge in [0, 0.05) is 17.8 Å². The lowest BCUT2D eigenvalue weighted by Crippen LogP contribution is -1.92.